The SMILES string of the molecule is Cc1ccc(OCC(=O)N(CCN2CCOCC2)c2nc3cc(C)cc(C)c3s2)cc1. The van der Waals surface area contributed by atoms with Crippen LogP contribution in [0.4, 0.5) is 5.13 Å². The Bertz CT molecular complexity index is 1040. The highest BCUT2D eigenvalue weighted by molar-refractivity contribution is 7.22. The number of aromatic nitrogens is 1. The lowest BCUT2D eigenvalue weighted by Crippen LogP contribution is -2.44. The zero-order valence-corrected chi connectivity index (χ0v) is 19.2. The molecule has 6 nitrogen and oxygen atoms in total. The van der Waals surface area contributed by atoms with Gasteiger partial charge in [0.1, 0.15) is 5.75 Å². The van der Waals surface area contributed by atoms with Crippen LogP contribution in [0.1, 0.15) is 16.7 Å². The van der Waals surface area contributed by atoms with E-state index >= 15 is 0 Å². The molecule has 1 saturated heterocycles. The smallest absolute Gasteiger partial charge is 0.266 e. The number of benzene rings is 2. The van der Waals surface area contributed by atoms with Gasteiger partial charge in [-0.05, 0) is 50.1 Å². The van der Waals surface area contributed by atoms with Crippen LogP contribution in [0.25, 0.3) is 10.2 Å². The second-order valence-electron chi connectivity index (χ2n) is 8.03. The van der Waals surface area contributed by atoms with E-state index in [0.717, 1.165) is 53.8 Å². The van der Waals surface area contributed by atoms with Crippen molar-refractivity contribution in [2.24, 2.45) is 0 Å². The van der Waals surface area contributed by atoms with Crippen molar-refractivity contribution >= 4 is 32.6 Å². The highest BCUT2D eigenvalue weighted by atomic mass is 32.1. The molecule has 0 aliphatic carbocycles. The van der Waals surface area contributed by atoms with Crippen molar-refractivity contribution in [3.05, 3.63) is 53.1 Å². The van der Waals surface area contributed by atoms with Crippen LogP contribution in [0.3, 0.4) is 0 Å². The normalized spacial score (nSPS) is 14.7. The van der Waals surface area contributed by atoms with Crippen LogP contribution in [0.2, 0.25) is 0 Å². The van der Waals surface area contributed by atoms with Crippen molar-refractivity contribution in [1.29, 1.82) is 0 Å². The first-order chi connectivity index (χ1) is 15.0. The van der Waals surface area contributed by atoms with Gasteiger partial charge in [0.25, 0.3) is 5.91 Å². The molecule has 1 aliphatic heterocycles. The Morgan fingerprint density at radius 3 is 2.61 bits per heavy atom. The van der Waals surface area contributed by atoms with Crippen LogP contribution in [0, 0.1) is 20.8 Å². The first-order valence-corrected chi connectivity index (χ1v) is 11.5. The average Bonchev–Trinajstić information content (AvgIpc) is 3.18. The third-order valence-corrected chi connectivity index (χ3v) is 6.70. The molecule has 31 heavy (non-hydrogen) atoms. The zero-order chi connectivity index (χ0) is 21.8. The van der Waals surface area contributed by atoms with E-state index in [-0.39, 0.29) is 12.5 Å². The Hall–Kier alpha value is -2.48. The van der Waals surface area contributed by atoms with E-state index in [2.05, 4.69) is 30.9 Å². The molecule has 164 valence electrons. The van der Waals surface area contributed by atoms with Crippen LogP contribution in [-0.4, -0.2) is 61.8 Å². The van der Waals surface area contributed by atoms with E-state index in [1.54, 1.807) is 16.2 Å². The number of hydrogen-bond acceptors (Lipinski definition) is 6. The number of morpholine rings is 1. The molecule has 3 aromatic rings. The number of ether oxygens (including phenoxy) is 2. The molecular formula is C24H29N3O3S. The minimum Gasteiger partial charge on any atom is -0.484 e. The summed E-state index contributed by atoms with van der Waals surface area (Å²) in [7, 11) is 0. The van der Waals surface area contributed by atoms with Gasteiger partial charge >= 0.3 is 0 Å². The van der Waals surface area contributed by atoms with Gasteiger partial charge < -0.3 is 9.47 Å². The van der Waals surface area contributed by atoms with Crippen molar-refractivity contribution < 1.29 is 14.3 Å². The molecule has 4 rings (SSSR count). The maximum absolute atomic E-state index is 13.2. The van der Waals surface area contributed by atoms with Gasteiger partial charge in [0.15, 0.2) is 11.7 Å². The van der Waals surface area contributed by atoms with E-state index < -0.39 is 0 Å². The fourth-order valence-corrected chi connectivity index (χ4v) is 4.79. The summed E-state index contributed by atoms with van der Waals surface area (Å²) in [5, 5.41) is 0.731. The summed E-state index contributed by atoms with van der Waals surface area (Å²) in [5.74, 6) is 0.616. The first kappa shape index (κ1) is 21.7. The maximum atomic E-state index is 13.2. The summed E-state index contributed by atoms with van der Waals surface area (Å²) in [6.07, 6.45) is 0. The number of carbonyl (C=O) groups excluding carboxylic acids is 1. The van der Waals surface area contributed by atoms with E-state index in [1.165, 1.54) is 11.1 Å². The Balaban J connectivity index is 1.53. The highest BCUT2D eigenvalue weighted by Crippen LogP contribution is 2.32. The second-order valence-corrected chi connectivity index (χ2v) is 9.01. The molecule has 0 unspecified atom stereocenters. The fourth-order valence-electron chi connectivity index (χ4n) is 3.73. The van der Waals surface area contributed by atoms with Gasteiger partial charge in [-0.3, -0.25) is 14.6 Å². The Kier molecular flexibility index (Phi) is 6.85. The number of aryl methyl sites for hydroxylation is 3. The number of nitrogens with zero attached hydrogens (tertiary/aromatic N) is 3. The largest absolute Gasteiger partial charge is 0.484 e. The summed E-state index contributed by atoms with van der Waals surface area (Å²) in [5.41, 5.74) is 4.47. The van der Waals surface area contributed by atoms with E-state index in [9.17, 15) is 4.79 Å². The number of fused-ring (bicyclic) bond motifs is 1. The Morgan fingerprint density at radius 2 is 1.87 bits per heavy atom. The predicted molar refractivity (Wildman–Crippen MR) is 125 cm³/mol. The third-order valence-electron chi connectivity index (χ3n) is 5.47. The van der Waals surface area contributed by atoms with Gasteiger partial charge in [-0.2, -0.15) is 0 Å². The van der Waals surface area contributed by atoms with Gasteiger partial charge in [0.05, 0.1) is 23.4 Å². The monoisotopic (exact) mass is 439 g/mol. The topological polar surface area (TPSA) is 54.9 Å². The zero-order valence-electron chi connectivity index (χ0n) is 18.4. The highest BCUT2D eigenvalue weighted by Gasteiger charge is 2.22. The third kappa shape index (κ3) is 5.42. The Labute approximate surface area is 187 Å². The number of hydrogen-bond donors (Lipinski definition) is 0. The van der Waals surface area contributed by atoms with Crippen molar-refractivity contribution in [1.82, 2.24) is 9.88 Å². The number of rotatable bonds is 7. The molecule has 1 fully saturated rings. The molecule has 0 spiro atoms. The minimum absolute atomic E-state index is 0.0138. The molecule has 2 heterocycles. The molecule has 7 heteroatoms. The van der Waals surface area contributed by atoms with Crippen LogP contribution in [0.5, 0.6) is 5.75 Å². The predicted octanol–water partition coefficient (Wildman–Crippen LogP) is 3.97. The summed E-state index contributed by atoms with van der Waals surface area (Å²) >= 11 is 1.57. The number of amides is 1. The van der Waals surface area contributed by atoms with Crippen LogP contribution >= 0.6 is 11.3 Å². The fraction of sp³-hybridized carbons (Fsp3) is 0.417. The number of carbonyl (C=O) groups is 1. The summed E-state index contributed by atoms with van der Waals surface area (Å²) in [6, 6.07) is 12.0. The quantitative estimate of drug-likeness (QED) is 0.558. The summed E-state index contributed by atoms with van der Waals surface area (Å²) in [6.45, 7) is 10.8. The van der Waals surface area contributed by atoms with Crippen molar-refractivity contribution in [2.45, 2.75) is 20.8 Å². The molecule has 1 aromatic heterocycles. The van der Waals surface area contributed by atoms with Crippen LogP contribution in [-0.2, 0) is 9.53 Å². The average molecular weight is 440 g/mol. The lowest BCUT2D eigenvalue weighted by Gasteiger charge is -2.29. The number of thiazole rings is 1. The van der Waals surface area contributed by atoms with Gasteiger partial charge in [0.2, 0.25) is 0 Å². The summed E-state index contributed by atoms with van der Waals surface area (Å²) in [4.78, 5) is 22.1. The van der Waals surface area contributed by atoms with Gasteiger partial charge in [-0.15, -0.1) is 0 Å². The molecule has 1 aliphatic rings. The molecule has 0 atom stereocenters. The molecule has 2 aromatic carbocycles. The van der Waals surface area contributed by atoms with Gasteiger partial charge in [-0.25, -0.2) is 4.98 Å². The van der Waals surface area contributed by atoms with Crippen LogP contribution < -0.4 is 9.64 Å². The summed E-state index contributed by atoms with van der Waals surface area (Å²) < 4.78 is 12.4. The first-order valence-electron chi connectivity index (χ1n) is 10.7. The standard InChI is InChI=1S/C24H29N3O3S/c1-17-4-6-20(7-5-17)30-16-22(28)27(9-8-26-10-12-29-13-11-26)24-25-21-15-18(2)14-19(3)23(21)31-24/h4-7,14-15H,8-13,16H2,1-3H3. The molecule has 0 saturated carbocycles. The van der Waals surface area contributed by atoms with Gasteiger partial charge in [-0.1, -0.05) is 35.1 Å². The van der Waals surface area contributed by atoms with Gasteiger partial charge in [0, 0.05) is 26.2 Å². The lowest BCUT2D eigenvalue weighted by molar-refractivity contribution is -0.120. The maximum Gasteiger partial charge on any atom is 0.266 e. The van der Waals surface area contributed by atoms with Crippen molar-refractivity contribution in [3.63, 3.8) is 0 Å². The van der Waals surface area contributed by atoms with Crippen molar-refractivity contribution in [3.8, 4) is 5.75 Å². The van der Waals surface area contributed by atoms with E-state index in [1.807, 2.05) is 31.2 Å². The lowest BCUT2D eigenvalue weighted by atomic mass is 10.1. The van der Waals surface area contributed by atoms with Crippen LogP contribution in [0.15, 0.2) is 36.4 Å². The molecular weight excluding hydrogens is 410 g/mol. The Morgan fingerprint density at radius 1 is 1.13 bits per heavy atom. The minimum atomic E-state index is -0.0812. The molecule has 1 amide bonds. The molecule has 0 bridgehead atoms. The number of anilines is 1. The molecule has 0 radical (unpaired) electrons. The van der Waals surface area contributed by atoms with E-state index in [4.69, 9.17) is 14.5 Å². The molecule has 0 N–H and O–H groups in total. The van der Waals surface area contributed by atoms with E-state index in [0.29, 0.717) is 12.3 Å². The second kappa shape index (κ2) is 9.77. The van der Waals surface area contributed by atoms with Crippen molar-refractivity contribution in [2.75, 3.05) is 50.9 Å².